The Labute approximate surface area is 270 Å². The lowest BCUT2D eigenvalue weighted by Crippen LogP contribution is -2.37. The van der Waals surface area contributed by atoms with Crippen molar-refractivity contribution in [3.05, 3.63) is 80.5 Å². The molecule has 0 atom stereocenters. The molecule has 6 aromatic rings. The van der Waals surface area contributed by atoms with Crippen LogP contribution in [-0.2, 0) is 4.74 Å². The van der Waals surface area contributed by atoms with Crippen LogP contribution in [0.2, 0.25) is 0 Å². The highest BCUT2D eigenvalue weighted by atomic mass is 19.1. The number of nitrogens with zero attached hydrogens (tertiary/aromatic N) is 3. The molecule has 1 aliphatic rings. The average Bonchev–Trinajstić information content (AvgIpc) is 3.34. The Hall–Kier alpha value is -4.58. The molecular weight excluding hydrogens is 601 g/mol. The number of amides is 1. The molecule has 7 rings (SSSR count). The molecule has 0 unspecified atom stereocenters. The number of aromatic nitrogens is 1. The van der Waals surface area contributed by atoms with Gasteiger partial charge in [0.2, 0.25) is 5.43 Å². The summed E-state index contributed by atoms with van der Waals surface area (Å²) < 4.78 is 29.5. The van der Waals surface area contributed by atoms with E-state index in [-0.39, 0.29) is 27.6 Å². The second kappa shape index (κ2) is 12.9. The molecule has 1 amide bonds. The maximum atomic E-state index is 15.9. The molecule has 3 heterocycles. The van der Waals surface area contributed by atoms with Crippen molar-refractivity contribution in [3.63, 3.8) is 0 Å². The third-order valence-corrected chi connectivity index (χ3v) is 9.09. The van der Waals surface area contributed by atoms with Gasteiger partial charge in [-0.1, -0.05) is 24.3 Å². The summed E-state index contributed by atoms with van der Waals surface area (Å²) in [6.07, 6.45) is 3.91. The predicted octanol–water partition coefficient (Wildman–Crippen LogP) is 4.65. The van der Waals surface area contributed by atoms with Crippen molar-refractivity contribution < 1.29 is 18.3 Å². The summed E-state index contributed by atoms with van der Waals surface area (Å²) in [6.45, 7) is 5.73. The van der Waals surface area contributed by atoms with Crippen LogP contribution in [0.1, 0.15) is 29.6 Å². The van der Waals surface area contributed by atoms with Gasteiger partial charge in [0.05, 0.1) is 24.1 Å². The van der Waals surface area contributed by atoms with Crippen LogP contribution in [0.4, 0.5) is 10.1 Å². The lowest BCUT2D eigenvalue weighted by Gasteiger charge is -2.26. The van der Waals surface area contributed by atoms with E-state index in [1.54, 1.807) is 16.5 Å². The summed E-state index contributed by atoms with van der Waals surface area (Å²) in [7, 11) is 3.98. The van der Waals surface area contributed by atoms with E-state index < -0.39 is 17.2 Å². The van der Waals surface area contributed by atoms with Crippen LogP contribution in [0, 0.1) is 5.82 Å². The smallest absolute Gasteiger partial charge is 0.256 e. The fourth-order valence-corrected chi connectivity index (χ4v) is 6.65. The van der Waals surface area contributed by atoms with Crippen molar-refractivity contribution >= 4 is 60.7 Å². The second-order valence-corrected chi connectivity index (χ2v) is 12.5. The maximum absolute atomic E-state index is 15.9. The van der Waals surface area contributed by atoms with Gasteiger partial charge in [0.25, 0.3) is 5.91 Å². The zero-order valence-electron chi connectivity index (χ0n) is 26.7. The predicted molar refractivity (Wildman–Crippen MR) is 184 cm³/mol. The summed E-state index contributed by atoms with van der Waals surface area (Å²) in [5, 5.41) is 8.74. The van der Waals surface area contributed by atoms with Crippen molar-refractivity contribution in [1.29, 1.82) is 0 Å². The highest BCUT2D eigenvalue weighted by Gasteiger charge is 2.24. The quantitative estimate of drug-likeness (QED) is 0.120. The minimum atomic E-state index is -0.656. The van der Waals surface area contributed by atoms with Crippen LogP contribution in [0.5, 0.6) is 0 Å². The molecule has 1 saturated heterocycles. The Balaban J connectivity index is 1.36. The zero-order chi connectivity index (χ0) is 32.7. The van der Waals surface area contributed by atoms with Gasteiger partial charge in [-0.3, -0.25) is 19.3 Å². The summed E-state index contributed by atoms with van der Waals surface area (Å²) >= 11 is 0. The van der Waals surface area contributed by atoms with Gasteiger partial charge >= 0.3 is 0 Å². The molecule has 0 saturated carbocycles. The van der Waals surface area contributed by atoms with Crippen molar-refractivity contribution in [2.24, 2.45) is 0 Å². The maximum Gasteiger partial charge on any atom is 0.256 e. The van der Waals surface area contributed by atoms with Gasteiger partial charge in [0, 0.05) is 43.1 Å². The third-order valence-electron chi connectivity index (χ3n) is 9.09. The Bertz CT molecular complexity index is 2240. The van der Waals surface area contributed by atoms with E-state index in [4.69, 9.17) is 9.15 Å². The van der Waals surface area contributed by atoms with Crippen molar-refractivity contribution in [3.8, 4) is 0 Å². The first kappa shape index (κ1) is 31.0. The molecule has 0 bridgehead atoms. The molecule has 0 spiro atoms. The van der Waals surface area contributed by atoms with Crippen LogP contribution in [0.3, 0.4) is 0 Å². The molecule has 2 aromatic heterocycles. The number of anilines is 1. The third kappa shape index (κ3) is 5.79. The Morgan fingerprint density at radius 1 is 0.915 bits per heavy atom. The number of hydrogen-bond acceptors (Lipinski definition) is 8. The first-order valence-corrected chi connectivity index (χ1v) is 16.2. The lowest BCUT2D eigenvalue weighted by atomic mass is 10.1. The summed E-state index contributed by atoms with van der Waals surface area (Å²) in [4.78, 5) is 45.0. The van der Waals surface area contributed by atoms with Crippen LogP contribution in [0.25, 0.3) is 49.1 Å². The minimum Gasteiger partial charge on any atom is -0.451 e. The molecule has 10 nitrogen and oxygen atoms in total. The number of unbranched alkanes of at least 4 members (excludes halogenated alkanes) is 1. The van der Waals surface area contributed by atoms with Gasteiger partial charge in [-0.2, -0.15) is 0 Å². The molecule has 0 radical (unpaired) electrons. The highest BCUT2D eigenvalue weighted by Crippen LogP contribution is 2.36. The number of carbonyl (C=O) groups excluding carboxylic acids is 1. The van der Waals surface area contributed by atoms with Gasteiger partial charge in [0.1, 0.15) is 16.8 Å². The fraction of sp³-hybridized carbons (Fsp3) is 0.361. The number of rotatable bonds is 11. The highest BCUT2D eigenvalue weighted by molar-refractivity contribution is 6.15. The summed E-state index contributed by atoms with van der Waals surface area (Å²) in [5.41, 5.74) is 0.741. The zero-order valence-corrected chi connectivity index (χ0v) is 26.7. The number of hydrogen-bond donors (Lipinski definition) is 2. The molecule has 4 aromatic carbocycles. The van der Waals surface area contributed by atoms with E-state index in [1.165, 1.54) is 12.3 Å². The molecule has 0 aliphatic carbocycles. The molecule has 11 heteroatoms. The number of pyridine rings is 1. The number of ether oxygens (including phenoxy) is 1. The van der Waals surface area contributed by atoms with Crippen molar-refractivity contribution in [2.75, 3.05) is 71.9 Å². The van der Waals surface area contributed by atoms with Crippen LogP contribution < -0.4 is 21.5 Å². The van der Waals surface area contributed by atoms with Gasteiger partial charge in [-0.25, -0.2) is 4.39 Å². The van der Waals surface area contributed by atoms with Crippen molar-refractivity contribution in [2.45, 2.75) is 19.3 Å². The molecule has 1 aliphatic heterocycles. The molecule has 2 N–H and O–H groups in total. The first-order valence-electron chi connectivity index (χ1n) is 16.2. The standard InChI is InChI=1S/C36H38FN5O5/c1-40(2)12-6-5-10-39-36(45)27-21-42-29-19-24-22-8-3-4-9-23(22)33(43)25(24)20-30(29)47-35-31(28(37)18-26(32(35)42)34(27)44)38-11-7-13-41-14-16-46-17-15-41/h3-4,8-9,18-21,38H,5-7,10-17H2,1-2H3,(H,39,45). The fourth-order valence-electron chi connectivity index (χ4n) is 6.65. The normalized spacial score (nSPS) is 14.4. The van der Waals surface area contributed by atoms with Gasteiger partial charge in [0.15, 0.2) is 22.4 Å². The largest absolute Gasteiger partial charge is 0.451 e. The number of nitrogens with one attached hydrogen (secondary N) is 2. The average molecular weight is 640 g/mol. The lowest BCUT2D eigenvalue weighted by molar-refractivity contribution is 0.0378. The monoisotopic (exact) mass is 639 g/mol. The van der Waals surface area contributed by atoms with E-state index in [2.05, 4.69) is 20.4 Å². The number of carbonyl (C=O) groups is 1. The second-order valence-electron chi connectivity index (χ2n) is 12.5. The van der Waals surface area contributed by atoms with Gasteiger partial charge in [-0.05, 0) is 75.4 Å². The summed E-state index contributed by atoms with van der Waals surface area (Å²) in [5.74, 6) is -1.18. The van der Waals surface area contributed by atoms with Crippen LogP contribution >= 0.6 is 0 Å². The van der Waals surface area contributed by atoms with Crippen molar-refractivity contribution in [1.82, 2.24) is 19.5 Å². The SMILES string of the molecule is CN(C)CCCCNC(=O)c1cn2c3cc4c(cc3oc3c(NCCCN5CCOCC5)c(F)cc(c1=O)c32)c(=O)c1ccccc14. The molecule has 1 fully saturated rings. The van der Waals surface area contributed by atoms with E-state index in [0.29, 0.717) is 53.7 Å². The molecule has 47 heavy (non-hydrogen) atoms. The van der Waals surface area contributed by atoms with Crippen LogP contribution in [0.15, 0.2) is 62.7 Å². The van der Waals surface area contributed by atoms with E-state index in [1.807, 2.05) is 38.4 Å². The molecular formula is C36H38FN5O5. The van der Waals surface area contributed by atoms with Gasteiger partial charge < -0.3 is 29.1 Å². The van der Waals surface area contributed by atoms with E-state index >= 15 is 4.39 Å². The number of fused-ring (bicyclic) bond motifs is 5. The first-order chi connectivity index (χ1) is 22.8. The number of halogens is 1. The summed E-state index contributed by atoms with van der Waals surface area (Å²) in [6, 6.07) is 12.1. The molecule has 244 valence electrons. The number of benzene rings is 3. The van der Waals surface area contributed by atoms with Crippen LogP contribution in [-0.4, -0.2) is 86.7 Å². The van der Waals surface area contributed by atoms with Gasteiger partial charge in [-0.15, -0.1) is 0 Å². The number of morpholine rings is 1. The Morgan fingerprint density at radius 3 is 2.49 bits per heavy atom. The van der Waals surface area contributed by atoms with E-state index in [0.717, 1.165) is 56.2 Å². The van der Waals surface area contributed by atoms with E-state index in [9.17, 15) is 14.4 Å². The minimum absolute atomic E-state index is 0.0410. The topological polar surface area (TPSA) is 109 Å². The Morgan fingerprint density at radius 2 is 1.70 bits per heavy atom. The Kier molecular flexibility index (Phi) is 8.52.